The molecule has 0 saturated heterocycles. The van der Waals surface area contributed by atoms with Crippen LogP contribution in [0.3, 0.4) is 0 Å². The molecule has 1 aromatic heterocycles. The maximum Gasteiger partial charge on any atom is 0.273 e. The Bertz CT molecular complexity index is 1630. The number of nitro groups is 1. The molecule has 36 heavy (non-hydrogen) atoms. The number of aromatic nitrogens is 1. The van der Waals surface area contributed by atoms with Crippen molar-refractivity contribution in [2.45, 2.75) is 13.0 Å². The molecule has 3 aromatic carbocycles. The van der Waals surface area contributed by atoms with E-state index >= 15 is 0 Å². The average molecular weight is 497 g/mol. The number of hydrogen-bond donors (Lipinski definition) is 1. The van der Waals surface area contributed by atoms with Gasteiger partial charge in [0, 0.05) is 12.1 Å². The standard InChI is InChI=1S/C27H20N4O4S/c1-18(20-8-4-2-5-9-20)29-25(32)23(17-28)27-30(21-10-6-3-7-11-21)26(33)24(36-27)16-19-12-14-22(15-13-19)31(34)35/h2-16,18H,1H3,(H,29,32)/b24-16+,27-23+/t18-/m0/s1. The number of nitrogens with zero attached hydrogens (tertiary/aromatic N) is 3. The highest BCUT2D eigenvalue weighted by Crippen LogP contribution is 2.13. The van der Waals surface area contributed by atoms with Gasteiger partial charge in [-0.1, -0.05) is 48.5 Å². The Hall–Kier alpha value is -4.81. The number of carbonyl (C=O) groups excluding carboxylic acids is 1. The van der Waals surface area contributed by atoms with E-state index in [2.05, 4.69) is 5.32 Å². The van der Waals surface area contributed by atoms with Crippen molar-refractivity contribution in [1.29, 1.82) is 5.26 Å². The van der Waals surface area contributed by atoms with Crippen LogP contribution in [0.2, 0.25) is 0 Å². The zero-order valence-corrected chi connectivity index (χ0v) is 19.9. The maximum atomic E-state index is 13.4. The molecule has 8 nitrogen and oxygen atoms in total. The van der Waals surface area contributed by atoms with E-state index in [9.17, 15) is 25.0 Å². The van der Waals surface area contributed by atoms with Gasteiger partial charge in [-0.25, -0.2) is 0 Å². The molecule has 0 unspecified atom stereocenters. The van der Waals surface area contributed by atoms with Crippen LogP contribution in [0.25, 0.3) is 17.3 Å². The fourth-order valence-corrected chi connectivity index (χ4v) is 4.70. The van der Waals surface area contributed by atoms with Gasteiger partial charge in [-0.3, -0.25) is 24.3 Å². The van der Waals surface area contributed by atoms with Crippen LogP contribution in [0.4, 0.5) is 5.69 Å². The molecule has 0 aliphatic heterocycles. The Morgan fingerprint density at radius 1 is 1.06 bits per heavy atom. The van der Waals surface area contributed by atoms with Crippen LogP contribution < -0.4 is 20.1 Å². The number of carbonyl (C=O) groups is 1. The second-order valence-electron chi connectivity index (χ2n) is 7.83. The van der Waals surface area contributed by atoms with Gasteiger partial charge in [0.15, 0.2) is 5.57 Å². The van der Waals surface area contributed by atoms with E-state index < -0.39 is 16.4 Å². The maximum absolute atomic E-state index is 13.4. The van der Waals surface area contributed by atoms with Crippen LogP contribution >= 0.6 is 11.3 Å². The van der Waals surface area contributed by atoms with Gasteiger partial charge in [-0.2, -0.15) is 5.26 Å². The minimum absolute atomic E-state index is 0.0648. The zero-order valence-electron chi connectivity index (χ0n) is 19.1. The zero-order chi connectivity index (χ0) is 25.7. The molecule has 1 amide bonds. The highest BCUT2D eigenvalue weighted by atomic mass is 32.1. The summed E-state index contributed by atoms with van der Waals surface area (Å²) in [6.45, 7) is 1.81. The number of non-ortho nitro benzene ring substituents is 1. The molecule has 0 aliphatic carbocycles. The van der Waals surface area contributed by atoms with E-state index in [1.165, 1.54) is 28.8 Å². The first-order valence-corrected chi connectivity index (χ1v) is 11.7. The second kappa shape index (κ2) is 10.6. The first-order valence-electron chi connectivity index (χ1n) is 10.9. The number of nitrogens with one attached hydrogen (secondary N) is 1. The molecule has 0 saturated carbocycles. The molecule has 1 N–H and O–H groups in total. The predicted molar refractivity (Wildman–Crippen MR) is 138 cm³/mol. The average Bonchev–Trinajstić information content (AvgIpc) is 3.21. The van der Waals surface area contributed by atoms with Crippen molar-refractivity contribution in [2.24, 2.45) is 0 Å². The van der Waals surface area contributed by atoms with Crippen molar-refractivity contribution in [3.05, 3.63) is 126 Å². The summed E-state index contributed by atoms with van der Waals surface area (Å²) in [6.07, 6.45) is 1.58. The first kappa shape index (κ1) is 24.3. The second-order valence-corrected chi connectivity index (χ2v) is 8.86. The lowest BCUT2D eigenvalue weighted by molar-refractivity contribution is -0.384. The van der Waals surface area contributed by atoms with Crippen molar-refractivity contribution in [2.75, 3.05) is 0 Å². The first-order chi connectivity index (χ1) is 17.4. The normalized spacial score (nSPS) is 12.9. The summed E-state index contributed by atoms with van der Waals surface area (Å²) < 4.78 is 1.81. The quantitative estimate of drug-likeness (QED) is 0.325. The molecule has 0 radical (unpaired) electrons. The largest absolute Gasteiger partial charge is 0.345 e. The monoisotopic (exact) mass is 496 g/mol. The Morgan fingerprint density at radius 2 is 1.67 bits per heavy atom. The molecule has 0 fully saturated rings. The minimum atomic E-state index is -0.596. The summed E-state index contributed by atoms with van der Waals surface area (Å²) in [5, 5.41) is 23.7. The van der Waals surface area contributed by atoms with Crippen molar-refractivity contribution >= 4 is 34.6 Å². The van der Waals surface area contributed by atoms with Crippen LogP contribution in [0.5, 0.6) is 0 Å². The molecule has 0 spiro atoms. The summed E-state index contributed by atoms with van der Waals surface area (Å²) in [6, 6.07) is 25.5. The smallest absolute Gasteiger partial charge is 0.273 e. The van der Waals surface area contributed by atoms with Crippen LogP contribution in [-0.4, -0.2) is 15.4 Å². The number of thiazole rings is 1. The van der Waals surface area contributed by atoms with Gasteiger partial charge in [-0.15, -0.1) is 11.3 Å². The number of amides is 1. The van der Waals surface area contributed by atoms with Crippen LogP contribution in [0, 0.1) is 21.4 Å². The van der Waals surface area contributed by atoms with Crippen LogP contribution in [-0.2, 0) is 4.79 Å². The van der Waals surface area contributed by atoms with Crippen molar-refractivity contribution in [1.82, 2.24) is 9.88 Å². The number of hydrogen-bond acceptors (Lipinski definition) is 6. The van der Waals surface area contributed by atoms with Crippen LogP contribution in [0.15, 0.2) is 89.7 Å². The predicted octanol–water partition coefficient (Wildman–Crippen LogP) is 3.19. The highest BCUT2D eigenvalue weighted by Gasteiger charge is 2.19. The van der Waals surface area contributed by atoms with Gasteiger partial charge in [0.05, 0.1) is 21.2 Å². The van der Waals surface area contributed by atoms with Crippen molar-refractivity contribution in [3.8, 4) is 11.8 Å². The summed E-state index contributed by atoms with van der Waals surface area (Å²) >= 11 is 1.01. The summed E-state index contributed by atoms with van der Waals surface area (Å²) in [5.74, 6) is -0.596. The molecule has 0 aliphatic rings. The Balaban J connectivity index is 1.87. The number of benzene rings is 3. The van der Waals surface area contributed by atoms with E-state index in [1.54, 1.807) is 36.4 Å². The highest BCUT2D eigenvalue weighted by molar-refractivity contribution is 7.07. The molecule has 1 heterocycles. The lowest BCUT2D eigenvalue weighted by atomic mass is 10.1. The van der Waals surface area contributed by atoms with Gasteiger partial charge >= 0.3 is 0 Å². The van der Waals surface area contributed by atoms with Gasteiger partial charge in [-0.05, 0) is 48.4 Å². The van der Waals surface area contributed by atoms with Gasteiger partial charge in [0.2, 0.25) is 0 Å². The van der Waals surface area contributed by atoms with E-state index in [1.807, 2.05) is 43.3 Å². The molecule has 4 rings (SSSR count). The Kier molecular flexibility index (Phi) is 7.18. The molecule has 4 aromatic rings. The molecule has 178 valence electrons. The molecule has 0 bridgehead atoms. The summed E-state index contributed by atoms with van der Waals surface area (Å²) in [5.41, 5.74) is 1.30. The van der Waals surface area contributed by atoms with E-state index in [4.69, 9.17) is 0 Å². The molecule has 1 atom stereocenters. The fourth-order valence-electron chi connectivity index (χ4n) is 3.59. The molecular formula is C27H20N4O4S. The van der Waals surface area contributed by atoms with Gasteiger partial charge < -0.3 is 5.32 Å². The Labute approximate surface area is 209 Å². The lowest BCUT2D eigenvalue weighted by Gasteiger charge is -2.13. The van der Waals surface area contributed by atoms with Crippen molar-refractivity contribution in [3.63, 3.8) is 0 Å². The van der Waals surface area contributed by atoms with Crippen LogP contribution in [0.1, 0.15) is 24.1 Å². The topological polar surface area (TPSA) is 118 Å². The molecular weight excluding hydrogens is 476 g/mol. The van der Waals surface area contributed by atoms with E-state index in [0.717, 1.165) is 16.9 Å². The number of rotatable bonds is 6. The van der Waals surface area contributed by atoms with E-state index in [0.29, 0.717) is 11.3 Å². The minimum Gasteiger partial charge on any atom is -0.345 e. The number of nitriles is 1. The van der Waals surface area contributed by atoms with Crippen molar-refractivity contribution < 1.29 is 9.72 Å². The summed E-state index contributed by atoms with van der Waals surface area (Å²) in [7, 11) is 0. The number of nitro benzene ring substituents is 1. The lowest BCUT2D eigenvalue weighted by Crippen LogP contribution is -2.34. The number of para-hydroxylation sites is 1. The molecule has 9 heteroatoms. The Morgan fingerprint density at radius 3 is 2.25 bits per heavy atom. The summed E-state index contributed by atoms with van der Waals surface area (Å²) in [4.78, 5) is 37.0. The third-order valence-corrected chi connectivity index (χ3v) is 6.53. The third-order valence-electron chi connectivity index (χ3n) is 5.44. The van der Waals surface area contributed by atoms with E-state index in [-0.39, 0.29) is 26.5 Å². The SMILES string of the molecule is C[C@H](NC(=O)/C(C#N)=c1/s/c(=C/c2ccc([N+](=O)[O-])cc2)c(=O)n1-c1ccccc1)c1ccccc1. The third kappa shape index (κ3) is 5.14. The van der Waals surface area contributed by atoms with Gasteiger partial charge in [0.25, 0.3) is 17.2 Å². The van der Waals surface area contributed by atoms with Gasteiger partial charge in [0.1, 0.15) is 10.7 Å². The fraction of sp³-hybridized carbons (Fsp3) is 0.0741.